The highest BCUT2D eigenvalue weighted by Crippen LogP contribution is 2.29. The van der Waals surface area contributed by atoms with Gasteiger partial charge in [0, 0.05) is 43.3 Å². The van der Waals surface area contributed by atoms with Gasteiger partial charge in [0.2, 0.25) is 0 Å². The number of fused-ring (bicyclic) bond motifs is 1. The van der Waals surface area contributed by atoms with Gasteiger partial charge in [0.25, 0.3) is 11.8 Å². The summed E-state index contributed by atoms with van der Waals surface area (Å²) in [6.07, 6.45) is 1.70. The SMILES string of the molecule is O=C(c1ccc(NSc2cccc3cccnc23)c(F)c1)N1CCN(C(=O)c2c(F)cccc2F)CC1. The van der Waals surface area contributed by atoms with Gasteiger partial charge in [-0.25, -0.2) is 13.2 Å². The third kappa shape index (κ3) is 5.10. The molecule has 1 aliphatic heterocycles. The number of piperazine rings is 1. The molecular formula is C27H21F3N4O2S. The van der Waals surface area contributed by atoms with Gasteiger partial charge in [0.05, 0.1) is 16.1 Å². The molecule has 0 aliphatic carbocycles. The normalized spacial score (nSPS) is 13.6. The second-order valence-electron chi connectivity index (χ2n) is 8.41. The van der Waals surface area contributed by atoms with E-state index in [0.29, 0.717) is 0 Å². The Balaban J connectivity index is 1.21. The third-order valence-electron chi connectivity index (χ3n) is 6.11. The minimum atomic E-state index is -0.928. The molecule has 1 aromatic heterocycles. The molecule has 3 aromatic carbocycles. The van der Waals surface area contributed by atoms with Crippen LogP contribution in [0.25, 0.3) is 10.9 Å². The van der Waals surface area contributed by atoms with Gasteiger partial charge in [-0.05, 0) is 54.4 Å². The summed E-state index contributed by atoms with van der Waals surface area (Å²) in [6.45, 7) is 0.532. The molecular weight excluding hydrogens is 501 g/mol. The summed E-state index contributed by atoms with van der Waals surface area (Å²) in [4.78, 5) is 33.5. The number of para-hydroxylation sites is 1. The Morgan fingerprint density at radius 2 is 1.43 bits per heavy atom. The van der Waals surface area contributed by atoms with Crippen molar-refractivity contribution in [2.24, 2.45) is 0 Å². The monoisotopic (exact) mass is 522 g/mol. The second-order valence-corrected chi connectivity index (χ2v) is 9.26. The van der Waals surface area contributed by atoms with Crippen molar-refractivity contribution in [1.82, 2.24) is 14.8 Å². The van der Waals surface area contributed by atoms with Gasteiger partial charge >= 0.3 is 0 Å². The van der Waals surface area contributed by atoms with Gasteiger partial charge in [-0.15, -0.1) is 0 Å². The number of anilines is 1. The first-order valence-corrected chi connectivity index (χ1v) is 12.3. The number of amides is 2. The zero-order chi connectivity index (χ0) is 25.9. The molecule has 5 rings (SSSR count). The number of carbonyl (C=O) groups is 2. The minimum Gasteiger partial charge on any atom is -0.335 e. The molecule has 1 saturated heterocycles. The van der Waals surface area contributed by atoms with Crippen LogP contribution in [0.2, 0.25) is 0 Å². The molecule has 0 radical (unpaired) electrons. The Bertz CT molecular complexity index is 1470. The highest BCUT2D eigenvalue weighted by molar-refractivity contribution is 8.00. The average Bonchev–Trinajstić information content (AvgIpc) is 2.92. The van der Waals surface area contributed by atoms with E-state index in [2.05, 4.69) is 9.71 Å². The highest BCUT2D eigenvalue weighted by Gasteiger charge is 2.28. The molecule has 188 valence electrons. The lowest BCUT2D eigenvalue weighted by molar-refractivity contribution is 0.0529. The van der Waals surface area contributed by atoms with E-state index in [-0.39, 0.29) is 43.3 Å². The summed E-state index contributed by atoms with van der Waals surface area (Å²) in [5.74, 6) is -3.59. The lowest BCUT2D eigenvalue weighted by Gasteiger charge is -2.35. The summed E-state index contributed by atoms with van der Waals surface area (Å²) in [5.41, 5.74) is 0.575. The number of nitrogens with one attached hydrogen (secondary N) is 1. The maximum atomic E-state index is 14.8. The number of pyridine rings is 1. The number of rotatable bonds is 5. The molecule has 37 heavy (non-hydrogen) atoms. The first kappa shape index (κ1) is 24.6. The van der Waals surface area contributed by atoms with E-state index in [4.69, 9.17) is 0 Å². The fraction of sp³-hybridized carbons (Fsp3) is 0.148. The van der Waals surface area contributed by atoms with E-state index in [1.165, 1.54) is 46.0 Å². The Morgan fingerprint density at radius 3 is 2.14 bits per heavy atom. The molecule has 0 unspecified atom stereocenters. The molecule has 0 atom stereocenters. The average molecular weight is 523 g/mol. The van der Waals surface area contributed by atoms with Crippen LogP contribution in [0.15, 0.2) is 77.8 Å². The maximum Gasteiger partial charge on any atom is 0.259 e. The van der Waals surface area contributed by atoms with Crippen LogP contribution in [-0.4, -0.2) is 52.8 Å². The molecule has 4 aromatic rings. The number of carbonyl (C=O) groups excluding carboxylic acids is 2. The number of hydrogen-bond acceptors (Lipinski definition) is 5. The zero-order valence-electron chi connectivity index (χ0n) is 19.5. The van der Waals surface area contributed by atoms with Gasteiger partial charge in [0.15, 0.2) is 0 Å². The van der Waals surface area contributed by atoms with Crippen LogP contribution in [0, 0.1) is 17.5 Å². The molecule has 0 saturated carbocycles. The number of aromatic nitrogens is 1. The van der Waals surface area contributed by atoms with E-state index in [0.717, 1.165) is 27.9 Å². The number of benzene rings is 3. The van der Waals surface area contributed by atoms with Crippen molar-refractivity contribution in [2.45, 2.75) is 4.90 Å². The molecule has 1 aliphatic rings. The Kier molecular flexibility index (Phi) is 7.00. The number of hydrogen-bond donors (Lipinski definition) is 1. The van der Waals surface area contributed by atoms with Gasteiger partial charge in [-0.2, -0.15) is 0 Å². The topological polar surface area (TPSA) is 65.5 Å². The van der Waals surface area contributed by atoms with Crippen molar-refractivity contribution in [2.75, 3.05) is 30.9 Å². The van der Waals surface area contributed by atoms with Crippen LogP contribution in [0.1, 0.15) is 20.7 Å². The maximum absolute atomic E-state index is 14.8. The van der Waals surface area contributed by atoms with E-state index >= 15 is 0 Å². The van der Waals surface area contributed by atoms with Gasteiger partial charge in [-0.3, -0.25) is 14.6 Å². The Hall–Kier alpha value is -4.05. The second kappa shape index (κ2) is 10.5. The third-order valence-corrected chi connectivity index (χ3v) is 6.98. The Morgan fingerprint density at radius 1 is 0.784 bits per heavy atom. The van der Waals surface area contributed by atoms with Crippen molar-refractivity contribution in [3.8, 4) is 0 Å². The standard InChI is InChI=1S/C27H21F3N4O2S/c28-19-6-2-7-20(29)24(19)27(36)34-14-12-33(13-15-34)26(35)18-9-10-22(21(30)16-18)32-37-23-8-1-4-17-5-3-11-31-25(17)23/h1-11,16,32H,12-15H2. The fourth-order valence-electron chi connectivity index (χ4n) is 4.15. The summed E-state index contributed by atoms with van der Waals surface area (Å²) >= 11 is 1.22. The van der Waals surface area contributed by atoms with E-state index in [1.54, 1.807) is 6.20 Å². The highest BCUT2D eigenvalue weighted by atomic mass is 32.2. The first-order chi connectivity index (χ1) is 17.9. The molecule has 2 amide bonds. The molecule has 1 fully saturated rings. The quantitative estimate of drug-likeness (QED) is 0.357. The van der Waals surface area contributed by atoms with Crippen LogP contribution >= 0.6 is 11.9 Å². The van der Waals surface area contributed by atoms with E-state index in [1.807, 2.05) is 30.3 Å². The molecule has 0 spiro atoms. The molecule has 0 bridgehead atoms. The van der Waals surface area contributed by atoms with Crippen molar-refractivity contribution < 1.29 is 22.8 Å². The number of nitrogens with zero attached hydrogens (tertiary/aromatic N) is 3. The van der Waals surface area contributed by atoms with Crippen LogP contribution in [0.3, 0.4) is 0 Å². The smallest absolute Gasteiger partial charge is 0.259 e. The van der Waals surface area contributed by atoms with Crippen LogP contribution in [0.5, 0.6) is 0 Å². The predicted octanol–water partition coefficient (Wildman–Crippen LogP) is 5.37. The largest absolute Gasteiger partial charge is 0.335 e. The summed E-state index contributed by atoms with van der Waals surface area (Å²) in [5, 5.41) is 0.969. The van der Waals surface area contributed by atoms with Crippen molar-refractivity contribution in [1.29, 1.82) is 0 Å². The predicted molar refractivity (Wildman–Crippen MR) is 136 cm³/mol. The van der Waals surface area contributed by atoms with Crippen molar-refractivity contribution in [3.63, 3.8) is 0 Å². The van der Waals surface area contributed by atoms with Crippen molar-refractivity contribution >= 4 is 40.4 Å². The summed E-state index contributed by atoms with van der Waals surface area (Å²) in [7, 11) is 0. The van der Waals surface area contributed by atoms with Crippen LogP contribution in [0.4, 0.5) is 18.9 Å². The molecule has 6 nitrogen and oxygen atoms in total. The zero-order valence-corrected chi connectivity index (χ0v) is 20.3. The van der Waals surface area contributed by atoms with Gasteiger partial charge in [-0.1, -0.05) is 24.3 Å². The van der Waals surface area contributed by atoms with Crippen LogP contribution in [-0.2, 0) is 0 Å². The lowest BCUT2D eigenvalue weighted by atomic mass is 10.1. The fourth-order valence-corrected chi connectivity index (χ4v) is 4.95. The van der Waals surface area contributed by atoms with Gasteiger partial charge < -0.3 is 14.5 Å². The van der Waals surface area contributed by atoms with Crippen molar-refractivity contribution in [3.05, 3.63) is 102 Å². The Labute approximate surface area is 215 Å². The summed E-state index contributed by atoms with van der Waals surface area (Å²) in [6, 6.07) is 17.0. The number of halogens is 3. The molecule has 1 N–H and O–H groups in total. The van der Waals surface area contributed by atoms with Crippen LogP contribution < -0.4 is 4.72 Å². The summed E-state index contributed by atoms with van der Waals surface area (Å²) < 4.78 is 45.8. The lowest BCUT2D eigenvalue weighted by Crippen LogP contribution is -2.50. The first-order valence-electron chi connectivity index (χ1n) is 11.5. The molecule has 10 heteroatoms. The minimum absolute atomic E-state index is 0.107. The van der Waals surface area contributed by atoms with Gasteiger partial charge in [0.1, 0.15) is 23.0 Å². The molecule has 2 heterocycles. The van der Waals surface area contributed by atoms with E-state index < -0.39 is 28.9 Å². The van der Waals surface area contributed by atoms with E-state index in [9.17, 15) is 22.8 Å².